The molecule has 0 saturated carbocycles. The molecule has 0 aromatic rings. The van der Waals surface area contributed by atoms with Crippen molar-refractivity contribution in [3.8, 4) is 0 Å². The third-order valence-electron chi connectivity index (χ3n) is 1.80. The fourth-order valence-corrected chi connectivity index (χ4v) is 1.04. The van der Waals surface area contributed by atoms with Crippen molar-refractivity contribution in [1.82, 2.24) is 0 Å². The predicted molar refractivity (Wildman–Crippen MR) is 51.3 cm³/mol. The van der Waals surface area contributed by atoms with Crippen LogP contribution in [0.5, 0.6) is 0 Å². The number of aliphatic hydroxyl groups excluding tert-OH is 1. The van der Waals surface area contributed by atoms with Crippen LogP contribution in [0.1, 0.15) is 46.0 Å². The van der Waals surface area contributed by atoms with Crippen molar-refractivity contribution >= 4 is 0 Å². The molecule has 0 aromatic heterocycles. The zero-order valence-corrected chi connectivity index (χ0v) is 8.38. The molecule has 1 atom stereocenters. The van der Waals surface area contributed by atoms with E-state index in [0.717, 1.165) is 26.1 Å². The van der Waals surface area contributed by atoms with Crippen molar-refractivity contribution in [2.45, 2.75) is 52.1 Å². The highest BCUT2D eigenvalue weighted by atomic mass is 16.5. The summed E-state index contributed by atoms with van der Waals surface area (Å²) in [6, 6.07) is 0. The SMILES string of the molecule is CCCCCOCCCC(C)O. The number of hydrogen-bond donors (Lipinski definition) is 1. The number of hydrogen-bond acceptors (Lipinski definition) is 2. The van der Waals surface area contributed by atoms with Crippen molar-refractivity contribution in [2.75, 3.05) is 13.2 Å². The maximum absolute atomic E-state index is 8.94. The summed E-state index contributed by atoms with van der Waals surface area (Å²) in [6.07, 6.45) is 5.33. The molecule has 0 radical (unpaired) electrons. The summed E-state index contributed by atoms with van der Waals surface area (Å²) in [5, 5.41) is 8.94. The third-order valence-corrected chi connectivity index (χ3v) is 1.80. The topological polar surface area (TPSA) is 29.5 Å². The van der Waals surface area contributed by atoms with Gasteiger partial charge in [-0.2, -0.15) is 0 Å². The van der Waals surface area contributed by atoms with Gasteiger partial charge in [0.25, 0.3) is 0 Å². The van der Waals surface area contributed by atoms with Gasteiger partial charge in [0.1, 0.15) is 0 Å². The van der Waals surface area contributed by atoms with Gasteiger partial charge in [0, 0.05) is 13.2 Å². The lowest BCUT2D eigenvalue weighted by molar-refractivity contribution is 0.109. The Hall–Kier alpha value is -0.0800. The van der Waals surface area contributed by atoms with Crippen molar-refractivity contribution in [3.63, 3.8) is 0 Å². The Morgan fingerprint density at radius 2 is 1.83 bits per heavy atom. The average Bonchev–Trinajstić information content (AvgIpc) is 2.02. The van der Waals surface area contributed by atoms with Gasteiger partial charge in [-0.1, -0.05) is 19.8 Å². The molecule has 0 aliphatic carbocycles. The largest absolute Gasteiger partial charge is 0.393 e. The van der Waals surface area contributed by atoms with Gasteiger partial charge in [-0.05, 0) is 26.2 Å². The maximum atomic E-state index is 8.94. The predicted octanol–water partition coefficient (Wildman–Crippen LogP) is 2.35. The first-order valence-electron chi connectivity index (χ1n) is 5.03. The Morgan fingerprint density at radius 1 is 1.17 bits per heavy atom. The summed E-state index contributed by atoms with van der Waals surface area (Å²) in [4.78, 5) is 0. The number of ether oxygens (including phenoxy) is 1. The van der Waals surface area contributed by atoms with Crippen LogP contribution in [0.25, 0.3) is 0 Å². The van der Waals surface area contributed by atoms with E-state index in [9.17, 15) is 0 Å². The molecule has 0 aliphatic rings. The Morgan fingerprint density at radius 3 is 2.42 bits per heavy atom. The molecule has 0 aliphatic heterocycles. The van der Waals surface area contributed by atoms with Crippen LogP contribution in [0.3, 0.4) is 0 Å². The summed E-state index contributed by atoms with van der Waals surface area (Å²) in [5.41, 5.74) is 0. The van der Waals surface area contributed by atoms with E-state index in [1.54, 1.807) is 0 Å². The Bertz CT molecular complexity index is 81.9. The van der Waals surface area contributed by atoms with Gasteiger partial charge in [-0.25, -0.2) is 0 Å². The first kappa shape index (κ1) is 11.9. The highest BCUT2D eigenvalue weighted by molar-refractivity contribution is 4.46. The minimum atomic E-state index is -0.177. The standard InChI is InChI=1S/C10H22O2/c1-3-4-5-8-12-9-6-7-10(2)11/h10-11H,3-9H2,1-2H3. The van der Waals surface area contributed by atoms with Gasteiger partial charge in [-0.15, -0.1) is 0 Å². The molecule has 0 bridgehead atoms. The molecule has 2 heteroatoms. The van der Waals surface area contributed by atoms with Crippen LogP contribution in [-0.2, 0) is 4.74 Å². The molecular formula is C10H22O2. The van der Waals surface area contributed by atoms with E-state index >= 15 is 0 Å². The highest BCUT2D eigenvalue weighted by Gasteiger charge is 1.94. The summed E-state index contributed by atoms with van der Waals surface area (Å²) in [5.74, 6) is 0. The Kier molecular flexibility index (Phi) is 8.95. The average molecular weight is 174 g/mol. The first-order valence-corrected chi connectivity index (χ1v) is 5.03. The number of rotatable bonds is 8. The van der Waals surface area contributed by atoms with Gasteiger partial charge in [0.05, 0.1) is 6.10 Å². The van der Waals surface area contributed by atoms with Crippen molar-refractivity contribution < 1.29 is 9.84 Å². The lowest BCUT2D eigenvalue weighted by atomic mass is 10.2. The zero-order chi connectivity index (χ0) is 9.23. The fraction of sp³-hybridized carbons (Fsp3) is 1.00. The van der Waals surface area contributed by atoms with Crippen LogP contribution >= 0.6 is 0 Å². The molecule has 0 amide bonds. The quantitative estimate of drug-likeness (QED) is 0.572. The second-order valence-corrected chi connectivity index (χ2v) is 3.31. The van der Waals surface area contributed by atoms with E-state index in [4.69, 9.17) is 9.84 Å². The van der Waals surface area contributed by atoms with E-state index in [1.165, 1.54) is 19.3 Å². The highest BCUT2D eigenvalue weighted by Crippen LogP contribution is 1.98. The molecule has 0 rings (SSSR count). The van der Waals surface area contributed by atoms with E-state index in [2.05, 4.69) is 6.92 Å². The fourth-order valence-electron chi connectivity index (χ4n) is 1.04. The Balaban J connectivity index is 2.82. The van der Waals surface area contributed by atoms with Crippen LogP contribution in [-0.4, -0.2) is 24.4 Å². The van der Waals surface area contributed by atoms with Crippen molar-refractivity contribution in [2.24, 2.45) is 0 Å². The minimum Gasteiger partial charge on any atom is -0.393 e. The van der Waals surface area contributed by atoms with Gasteiger partial charge >= 0.3 is 0 Å². The molecule has 12 heavy (non-hydrogen) atoms. The number of aliphatic hydroxyl groups is 1. The third kappa shape index (κ3) is 9.92. The second-order valence-electron chi connectivity index (χ2n) is 3.31. The molecule has 0 spiro atoms. The molecule has 0 aromatic carbocycles. The molecule has 0 fully saturated rings. The molecule has 2 nitrogen and oxygen atoms in total. The van der Waals surface area contributed by atoms with Crippen molar-refractivity contribution in [1.29, 1.82) is 0 Å². The molecule has 1 N–H and O–H groups in total. The van der Waals surface area contributed by atoms with Crippen LogP contribution in [0.2, 0.25) is 0 Å². The number of unbranched alkanes of at least 4 members (excludes halogenated alkanes) is 2. The van der Waals surface area contributed by atoms with E-state index in [-0.39, 0.29) is 6.10 Å². The first-order chi connectivity index (χ1) is 5.77. The maximum Gasteiger partial charge on any atom is 0.0513 e. The van der Waals surface area contributed by atoms with Crippen LogP contribution < -0.4 is 0 Å². The smallest absolute Gasteiger partial charge is 0.0513 e. The van der Waals surface area contributed by atoms with E-state index in [0.29, 0.717) is 0 Å². The summed E-state index contributed by atoms with van der Waals surface area (Å²) in [6.45, 7) is 5.69. The van der Waals surface area contributed by atoms with Gasteiger partial charge in [0.15, 0.2) is 0 Å². The summed E-state index contributed by atoms with van der Waals surface area (Å²) >= 11 is 0. The second kappa shape index (κ2) is 9.01. The molecular weight excluding hydrogens is 152 g/mol. The van der Waals surface area contributed by atoms with Gasteiger partial charge in [-0.3, -0.25) is 0 Å². The van der Waals surface area contributed by atoms with Crippen LogP contribution in [0.15, 0.2) is 0 Å². The molecule has 0 heterocycles. The normalized spacial score (nSPS) is 13.2. The van der Waals surface area contributed by atoms with Gasteiger partial charge in [0.2, 0.25) is 0 Å². The van der Waals surface area contributed by atoms with Gasteiger partial charge < -0.3 is 9.84 Å². The van der Waals surface area contributed by atoms with E-state index < -0.39 is 0 Å². The zero-order valence-electron chi connectivity index (χ0n) is 8.38. The summed E-state index contributed by atoms with van der Waals surface area (Å²) < 4.78 is 5.38. The lowest BCUT2D eigenvalue weighted by Crippen LogP contribution is -2.03. The Labute approximate surface area is 75.9 Å². The lowest BCUT2D eigenvalue weighted by Gasteiger charge is -2.04. The molecule has 0 saturated heterocycles. The van der Waals surface area contributed by atoms with Crippen LogP contribution in [0.4, 0.5) is 0 Å². The van der Waals surface area contributed by atoms with Crippen molar-refractivity contribution in [3.05, 3.63) is 0 Å². The minimum absolute atomic E-state index is 0.177. The van der Waals surface area contributed by atoms with E-state index in [1.807, 2.05) is 6.92 Å². The monoisotopic (exact) mass is 174 g/mol. The summed E-state index contributed by atoms with van der Waals surface area (Å²) in [7, 11) is 0. The molecule has 1 unspecified atom stereocenters. The van der Waals surface area contributed by atoms with Crippen LogP contribution in [0, 0.1) is 0 Å². The molecule has 74 valence electrons.